The first-order valence-electron chi connectivity index (χ1n) is 9.24. The van der Waals surface area contributed by atoms with E-state index in [9.17, 15) is 14.7 Å². The van der Waals surface area contributed by atoms with Gasteiger partial charge in [0.25, 0.3) is 0 Å². The second kappa shape index (κ2) is 4.78. The first-order chi connectivity index (χ1) is 10.8. The van der Waals surface area contributed by atoms with Gasteiger partial charge in [0.2, 0.25) is 0 Å². The number of Topliss-reactive ketones (excluding diaryl/α,β-unsaturated/α-hetero) is 1. The van der Waals surface area contributed by atoms with E-state index in [1.165, 1.54) is 5.57 Å². The molecule has 0 aromatic heterocycles. The molecule has 3 unspecified atom stereocenters. The first kappa shape index (κ1) is 15.6. The van der Waals surface area contributed by atoms with Gasteiger partial charge >= 0.3 is 0 Å². The van der Waals surface area contributed by atoms with Crippen LogP contribution in [0.4, 0.5) is 0 Å². The van der Waals surface area contributed by atoms with Crippen LogP contribution in [-0.4, -0.2) is 22.8 Å². The molecule has 23 heavy (non-hydrogen) atoms. The maximum atomic E-state index is 13.0. The minimum absolute atomic E-state index is 0.0200. The minimum Gasteiger partial charge on any atom is -0.393 e. The third-order valence-corrected chi connectivity index (χ3v) is 7.93. The molecule has 0 aromatic rings. The lowest BCUT2D eigenvalue weighted by Crippen LogP contribution is -2.53. The van der Waals surface area contributed by atoms with Crippen LogP contribution < -0.4 is 0 Å². The van der Waals surface area contributed by atoms with Crippen molar-refractivity contribution in [2.45, 2.75) is 65.4 Å². The number of rotatable bonds is 0. The van der Waals surface area contributed by atoms with Crippen LogP contribution in [0.25, 0.3) is 0 Å². The summed E-state index contributed by atoms with van der Waals surface area (Å²) in [6.45, 7) is 6.45. The van der Waals surface area contributed by atoms with Crippen LogP contribution in [0.5, 0.6) is 0 Å². The first-order valence-corrected chi connectivity index (χ1v) is 9.24. The van der Waals surface area contributed by atoms with Gasteiger partial charge in [-0.3, -0.25) is 9.59 Å². The van der Waals surface area contributed by atoms with Gasteiger partial charge in [0.1, 0.15) is 5.78 Å². The molecule has 7 atom stereocenters. The summed E-state index contributed by atoms with van der Waals surface area (Å²) in [5.74, 6) is 1.31. The highest BCUT2D eigenvalue weighted by molar-refractivity contribution is 5.97. The Balaban J connectivity index is 1.76. The molecule has 0 bridgehead atoms. The van der Waals surface area contributed by atoms with E-state index in [1.807, 2.05) is 13.0 Å². The molecule has 3 heteroatoms. The number of carbonyl (C=O) groups excluding carboxylic acids is 2. The molecule has 3 fully saturated rings. The largest absolute Gasteiger partial charge is 0.393 e. The zero-order valence-electron chi connectivity index (χ0n) is 14.5. The Morgan fingerprint density at radius 2 is 1.78 bits per heavy atom. The van der Waals surface area contributed by atoms with Gasteiger partial charge in [-0.05, 0) is 61.9 Å². The molecule has 4 aliphatic carbocycles. The molecular weight excluding hydrogens is 288 g/mol. The summed E-state index contributed by atoms with van der Waals surface area (Å²) in [5.41, 5.74) is 0.934. The normalized spacial score (nSPS) is 52.5. The maximum absolute atomic E-state index is 13.0. The summed E-state index contributed by atoms with van der Waals surface area (Å²) in [7, 11) is 0. The molecule has 0 aromatic carbocycles. The van der Waals surface area contributed by atoms with Gasteiger partial charge in [-0.25, -0.2) is 0 Å². The molecule has 3 nitrogen and oxygen atoms in total. The monoisotopic (exact) mass is 316 g/mol. The lowest BCUT2D eigenvalue weighted by Gasteiger charge is -2.55. The average Bonchev–Trinajstić information content (AvgIpc) is 2.73. The zero-order chi connectivity index (χ0) is 16.6. The molecule has 3 saturated carbocycles. The molecule has 4 aliphatic rings. The fourth-order valence-corrected chi connectivity index (χ4v) is 6.50. The maximum Gasteiger partial charge on any atom is 0.159 e. The quantitative estimate of drug-likeness (QED) is 0.746. The van der Waals surface area contributed by atoms with E-state index in [1.54, 1.807) is 0 Å². The third kappa shape index (κ3) is 1.92. The van der Waals surface area contributed by atoms with Crippen molar-refractivity contribution in [2.24, 2.45) is 34.5 Å². The van der Waals surface area contributed by atoms with E-state index in [0.29, 0.717) is 18.1 Å². The van der Waals surface area contributed by atoms with Crippen molar-refractivity contribution in [3.63, 3.8) is 0 Å². The fraction of sp³-hybridized carbons (Fsp3) is 0.800. The van der Waals surface area contributed by atoms with Crippen molar-refractivity contribution >= 4 is 11.6 Å². The van der Waals surface area contributed by atoms with E-state index < -0.39 is 0 Å². The molecule has 0 aliphatic heterocycles. The molecule has 0 spiro atoms. The molecule has 0 heterocycles. The molecule has 0 saturated heterocycles. The van der Waals surface area contributed by atoms with E-state index in [0.717, 1.165) is 32.1 Å². The smallest absolute Gasteiger partial charge is 0.159 e. The standard InChI is InChI=1S/C20H28O3/c1-11-8-15-17-14(5-7-20(15,3)18(11)23)19(2)6-4-13(21)9-12(19)10-16(17)22/h10-11,13-15,17,21H,4-9H2,1-3H3/t11-,13+,14?,15?,17?,19+,20+/m1/s1. The summed E-state index contributed by atoms with van der Waals surface area (Å²) in [6, 6.07) is 0. The SMILES string of the molecule is C[C@@H]1CC2C3C(=O)C=C4C[C@@H](O)CC[C@]4(C)C3CC[C@]2(C)C1=O. The van der Waals surface area contributed by atoms with Crippen LogP contribution in [0.3, 0.4) is 0 Å². The van der Waals surface area contributed by atoms with Crippen LogP contribution in [-0.2, 0) is 9.59 Å². The van der Waals surface area contributed by atoms with Crippen molar-refractivity contribution < 1.29 is 14.7 Å². The number of hydrogen-bond acceptors (Lipinski definition) is 3. The Morgan fingerprint density at radius 3 is 2.52 bits per heavy atom. The van der Waals surface area contributed by atoms with Crippen molar-refractivity contribution in [3.05, 3.63) is 11.6 Å². The van der Waals surface area contributed by atoms with Gasteiger partial charge in [-0.1, -0.05) is 26.3 Å². The Bertz CT molecular complexity index is 606. The Hall–Kier alpha value is -0.960. The van der Waals surface area contributed by atoms with E-state index in [2.05, 4.69) is 13.8 Å². The van der Waals surface area contributed by atoms with E-state index >= 15 is 0 Å². The lowest BCUT2D eigenvalue weighted by molar-refractivity contribution is -0.140. The summed E-state index contributed by atoms with van der Waals surface area (Å²) in [4.78, 5) is 25.6. The zero-order valence-corrected chi connectivity index (χ0v) is 14.5. The van der Waals surface area contributed by atoms with Gasteiger partial charge < -0.3 is 5.11 Å². The number of fused-ring (bicyclic) bond motifs is 5. The summed E-state index contributed by atoms with van der Waals surface area (Å²) < 4.78 is 0. The van der Waals surface area contributed by atoms with Gasteiger partial charge in [0, 0.05) is 17.3 Å². The van der Waals surface area contributed by atoms with Crippen LogP contribution in [0, 0.1) is 34.5 Å². The third-order valence-electron chi connectivity index (χ3n) is 7.93. The molecule has 126 valence electrons. The molecule has 1 N–H and O–H groups in total. The highest BCUT2D eigenvalue weighted by atomic mass is 16.3. The Kier molecular flexibility index (Phi) is 3.23. The summed E-state index contributed by atoms with van der Waals surface area (Å²) in [5, 5.41) is 10.0. The predicted molar refractivity (Wildman–Crippen MR) is 87.7 cm³/mol. The molecule has 0 amide bonds. The van der Waals surface area contributed by atoms with E-state index in [4.69, 9.17) is 0 Å². The molecule has 0 radical (unpaired) electrons. The van der Waals surface area contributed by atoms with Gasteiger partial charge in [-0.15, -0.1) is 0 Å². The van der Waals surface area contributed by atoms with Gasteiger partial charge in [0.05, 0.1) is 6.10 Å². The lowest BCUT2D eigenvalue weighted by atomic mass is 9.48. The van der Waals surface area contributed by atoms with Crippen LogP contribution >= 0.6 is 0 Å². The number of aliphatic hydroxyl groups excluding tert-OH is 1. The summed E-state index contributed by atoms with van der Waals surface area (Å²) >= 11 is 0. The second-order valence-corrected chi connectivity index (χ2v) is 9.08. The van der Waals surface area contributed by atoms with Gasteiger partial charge in [0.15, 0.2) is 5.78 Å². The highest BCUT2D eigenvalue weighted by Gasteiger charge is 2.62. The van der Waals surface area contributed by atoms with Crippen LogP contribution in [0.1, 0.15) is 59.3 Å². The second-order valence-electron chi connectivity index (χ2n) is 9.08. The van der Waals surface area contributed by atoms with Crippen LogP contribution in [0.2, 0.25) is 0 Å². The Morgan fingerprint density at radius 1 is 1.09 bits per heavy atom. The topological polar surface area (TPSA) is 54.4 Å². The average molecular weight is 316 g/mol. The number of hydrogen-bond donors (Lipinski definition) is 1. The van der Waals surface area contributed by atoms with Crippen molar-refractivity contribution in [3.8, 4) is 0 Å². The van der Waals surface area contributed by atoms with Crippen molar-refractivity contribution in [1.82, 2.24) is 0 Å². The fourth-order valence-electron chi connectivity index (χ4n) is 6.50. The molecular formula is C20H28O3. The van der Waals surface area contributed by atoms with Crippen molar-refractivity contribution in [1.29, 1.82) is 0 Å². The minimum atomic E-state index is -0.291. The number of ketones is 2. The molecule has 4 rings (SSSR count). The van der Waals surface area contributed by atoms with Crippen molar-refractivity contribution in [2.75, 3.05) is 0 Å². The Labute approximate surface area is 138 Å². The van der Waals surface area contributed by atoms with E-state index in [-0.39, 0.29) is 40.5 Å². The van der Waals surface area contributed by atoms with Gasteiger partial charge in [-0.2, -0.15) is 0 Å². The van der Waals surface area contributed by atoms with Crippen LogP contribution in [0.15, 0.2) is 11.6 Å². The summed E-state index contributed by atoms with van der Waals surface area (Å²) in [6.07, 6.45) is 6.81. The highest BCUT2D eigenvalue weighted by Crippen LogP contribution is 2.63. The number of aliphatic hydroxyl groups is 1. The predicted octanol–water partition coefficient (Wildman–Crippen LogP) is 3.30. The number of carbonyl (C=O) groups is 2. The number of allylic oxidation sites excluding steroid dienone is 1.